The molecule has 1 heterocycles. The van der Waals surface area contributed by atoms with Crippen molar-refractivity contribution in [3.8, 4) is 169 Å². The average Bonchev–Trinajstić information content (AvgIpc) is 0.740. The van der Waals surface area contributed by atoms with Gasteiger partial charge in [0.2, 0.25) is 0 Å². The fourth-order valence-electron chi connectivity index (χ4n) is 13.7. The third kappa shape index (κ3) is 20.9. The Balaban J connectivity index is 0.000000255. The Bertz CT molecular complexity index is 5790. The van der Waals surface area contributed by atoms with E-state index in [0.29, 0.717) is 83.5 Å². The summed E-state index contributed by atoms with van der Waals surface area (Å²) >= 11 is 5.28. The van der Waals surface area contributed by atoms with Crippen LogP contribution in [0.15, 0.2) is 285 Å². The zero-order valence-electron chi connectivity index (χ0n) is 66.0. The first kappa shape index (κ1) is 87.3. The average molecular weight is 1640 g/mol. The fraction of sp³-hybridized carbons (Fsp3) is 0.0550. The van der Waals surface area contributed by atoms with Crippen molar-refractivity contribution < 1.29 is 68.1 Å². The molecule has 596 valence electrons. The van der Waals surface area contributed by atoms with Crippen LogP contribution in [0.4, 0.5) is 0 Å². The van der Waals surface area contributed by atoms with Crippen molar-refractivity contribution in [3.05, 3.63) is 413 Å². The Morgan fingerprint density at radius 1 is 0.250 bits per heavy atom. The van der Waals surface area contributed by atoms with Crippen LogP contribution in [-0.2, 0) is 15.6 Å². The van der Waals surface area contributed by atoms with E-state index in [1.165, 1.54) is 73.5 Å². The largest absolute Gasteiger partial charge is 0.508 e. The standard InChI is InChI=1S/C69H36O8.C25H20O4.C11H5ClO.C4H8O/c1-9-45-33-46(10-2)38-53(37-45)65(70)74-61-25-17-57(18-26-61)69(58-19-27-62(28-20-58)75-66(71)54-39-47(11-3)34-48(12-4)40-54,59-21-29-63(30-22-59)76-67(72)55-41-49(13-5)35-50(14-6)42-55)60-23-31-64(32-24-60)77-68(73)56-43-51(15-7)36-52(16-8)44-56;26-21-9-1-17(2-10-21)25(18-3-11-22(27)12-4-18,19-5-13-23(28)14-6-19)20-7-15-24(29)16-8-20;1-3-8-5-9(4-2)7-10(6-8)11(12)13;1-2-4-5-3-1/h1-8,17-44H;1-16,26-29H;1-2,5-7H;1-4H2. The van der Waals surface area contributed by atoms with Crippen molar-refractivity contribution in [3.63, 3.8) is 0 Å². The Morgan fingerprint density at radius 3 is 0.540 bits per heavy atom. The molecular formula is C109H69ClO14. The second-order valence-corrected chi connectivity index (χ2v) is 27.7. The van der Waals surface area contributed by atoms with E-state index in [9.17, 15) is 44.4 Å². The van der Waals surface area contributed by atoms with Crippen LogP contribution in [0.25, 0.3) is 0 Å². The summed E-state index contributed by atoms with van der Waals surface area (Å²) in [6.45, 7) is 2.00. The molecule has 0 atom stereocenters. The number of rotatable bonds is 17. The first-order valence-electron chi connectivity index (χ1n) is 37.7. The second-order valence-electron chi connectivity index (χ2n) is 27.4. The molecule has 0 saturated carbocycles. The van der Waals surface area contributed by atoms with Crippen LogP contribution in [0.3, 0.4) is 0 Å². The van der Waals surface area contributed by atoms with Gasteiger partial charge in [-0.05, 0) is 257 Å². The van der Waals surface area contributed by atoms with Gasteiger partial charge < -0.3 is 44.1 Å². The maximum absolute atomic E-state index is 13.6. The quantitative estimate of drug-likeness (QED) is 0.0220. The molecular weight excluding hydrogens is 1570 g/mol. The molecule has 1 aliphatic rings. The summed E-state index contributed by atoms with van der Waals surface area (Å²) in [6, 6.07) is 78.1. The number of hydrogen-bond acceptors (Lipinski definition) is 14. The first-order chi connectivity index (χ1) is 60.0. The van der Waals surface area contributed by atoms with Crippen LogP contribution in [0.2, 0.25) is 0 Å². The number of esters is 4. The van der Waals surface area contributed by atoms with Gasteiger partial charge in [0.25, 0.3) is 5.24 Å². The minimum Gasteiger partial charge on any atom is -0.508 e. The highest BCUT2D eigenvalue weighted by molar-refractivity contribution is 6.67. The second kappa shape index (κ2) is 40.6. The topological polar surface area (TPSA) is 212 Å². The van der Waals surface area contributed by atoms with Gasteiger partial charge in [-0.3, -0.25) is 4.79 Å². The number of carbonyl (C=O) groups is 5. The fourth-order valence-corrected chi connectivity index (χ4v) is 13.8. The Morgan fingerprint density at radius 2 is 0.403 bits per heavy atom. The molecule has 15 heteroatoms. The van der Waals surface area contributed by atoms with Gasteiger partial charge in [-0.25, -0.2) is 19.2 Å². The SMILES string of the molecule is C#Cc1cc(C#C)cc(C(=O)Cl)c1.C#Cc1cc(C#C)cc(C(=O)Oc2ccc(C(c3ccc(OC(=O)c4cc(C#C)cc(C#C)c4)cc3)(c3ccc(OC(=O)c4cc(C#C)cc(C#C)c4)cc3)c3ccc(OC(=O)c4cc(C#C)cc(C#C)c4)cc3)cc2)c1.C1CCOC1.Oc1ccc(C(c2ccc(O)cc2)(c2ccc(O)cc2)c2ccc(O)cc2)cc1. The predicted octanol–water partition coefficient (Wildman–Crippen LogP) is 18.5. The molecule has 0 amide bonds. The maximum atomic E-state index is 13.6. The first-order valence-corrected chi connectivity index (χ1v) is 38.1. The number of phenolic OH excluding ortho intramolecular Hbond substituents is 4. The number of halogens is 1. The monoisotopic (exact) mass is 1640 g/mol. The van der Waals surface area contributed by atoms with E-state index < -0.39 is 39.9 Å². The lowest BCUT2D eigenvalue weighted by Crippen LogP contribution is -2.31. The van der Waals surface area contributed by atoms with E-state index in [1.807, 2.05) is 48.5 Å². The highest BCUT2D eigenvalue weighted by Gasteiger charge is 2.41. The third-order valence-electron chi connectivity index (χ3n) is 19.5. The number of aromatic hydroxyl groups is 4. The molecule has 14 nitrogen and oxygen atoms in total. The van der Waals surface area contributed by atoms with Gasteiger partial charge in [-0.2, -0.15) is 0 Å². The highest BCUT2D eigenvalue weighted by Crippen LogP contribution is 2.49. The molecule has 0 aromatic heterocycles. The molecule has 0 aliphatic carbocycles. The van der Waals surface area contributed by atoms with Gasteiger partial charge in [-0.15, -0.1) is 64.2 Å². The minimum absolute atomic E-state index is 0.148. The summed E-state index contributed by atoms with van der Waals surface area (Å²) < 4.78 is 28.4. The van der Waals surface area contributed by atoms with E-state index in [4.69, 9.17) is 99.5 Å². The number of hydrogen-bond donors (Lipinski definition) is 4. The van der Waals surface area contributed by atoms with Crippen molar-refractivity contribution in [2.45, 2.75) is 23.7 Å². The van der Waals surface area contributed by atoms with Gasteiger partial charge in [0.1, 0.15) is 46.0 Å². The van der Waals surface area contributed by atoms with Gasteiger partial charge in [0, 0.05) is 74.4 Å². The van der Waals surface area contributed by atoms with Crippen molar-refractivity contribution in [1.29, 1.82) is 0 Å². The number of phenols is 4. The van der Waals surface area contributed by atoms with Crippen molar-refractivity contribution in [2.24, 2.45) is 0 Å². The van der Waals surface area contributed by atoms with Crippen LogP contribution in [0.5, 0.6) is 46.0 Å². The smallest absolute Gasteiger partial charge is 0.343 e. The van der Waals surface area contributed by atoms with Crippen LogP contribution in [0, 0.1) is 123 Å². The summed E-state index contributed by atoms with van der Waals surface area (Å²) in [5.74, 6) is 23.3. The number of benzene rings is 13. The Hall–Kier alpha value is -17.5. The van der Waals surface area contributed by atoms with E-state index >= 15 is 0 Å². The van der Waals surface area contributed by atoms with Gasteiger partial charge >= 0.3 is 23.9 Å². The molecule has 0 spiro atoms. The minimum atomic E-state index is -1.31. The van der Waals surface area contributed by atoms with E-state index in [0.717, 1.165) is 35.5 Å². The summed E-state index contributed by atoms with van der Waals surface area (Å²) in [5, 5.41) is 38.8. The van der Waals surface area contributed by atoms with Gasteiger partial charge in [0.05, 0.1) is 33.1 Å². The third-order valence-corrected chi connectivity index (χ3v) is 19.7. The summed E-state index contributed by atoms with van der Waals surface area (Å²) in [4.78, 5) is 65.1. The van der Waals surface area contributed by atoms with Gasteiger partial charge in [-0.1, -0.05) is 156 Å². The summed E-state index contributed by atoms with van der Waals surface area (Å²) in [7, 11) is 0. The zero-order chi connectivity index (χ0) is 88.5. The normalized spacial score (nSPS) is 10.8. The van der Waals surface area contributed by atoms with Crippen LogP contribution in [0.1, 0.15) is 165 Å². The van der Waals surface area contributed by atoms with Crippen molar-refractivity contribution >= 4 is 40.7 Å². The predicted molar refractivity (Wildman–Crippen MR) is 478 cm³/mol. The Kier molecular flexibility index (Phi) is 28.5. The van der Waals surface area contributed by atoms with Gasteiger partial charge in [0.15, 0.2) is 0 Å². The van der Waals surface area contributed by atoms with E-state index in [2.05, 4.69) is 59.2 Å². The molecule has 13 aromatic carbocycles. The molecule has 4 N–H and O–H groups in total. The molecule has 1 fully saturated rings. The van der Waals surface area contributed by atoms with Crippen molar-refractivity contribution in [2.75, 3.05) is 13.2 Å². The van der Waals surface area contributed by atoms with E-state index in [1.54, 1.807) is 176 Å². The number of ether oxygens (including phenoxy) is 5. The molecule has 1 saturated heterocycles. The summed E-state index contributed by atoms with van der Waals surface area (Å²) in [5.41, 5.74) is 9.15. The molecule has 0 radical (unpaired) electrons. The van der Waals surface area contributed by atoms with Crippen LogP contribution < -0.4 is 18.9 Å². The molecule has 14 rings (SSSR count). The van der Waals surface area contributed by atoms with Crippen LogP contribution in [-0.4, -0.2) is 62.8 Å². The summed E-state index contributed by atoms with van der Waals surface area (Å²) in [6.07, 6.45) is 58.0. The number of carbonyl (C=O) groups excluding carboxylic acids is 5. The Labute approximate surface area is 723 Å². The molecule has 13 aromatic rings. The molecule has 0 bridgehead atoms. The highest BCUT2D eigenvalue weighted by atomic mass is 35.5. The van der Waals surface area contributed by atoms with E-state index in [-0.39, 0.29) is 68.2 Å². The lowest BCUT2D eigenvalue weighted by molar-refractivity contribution is 0.0725. The molecule has 1 aliphatic heterocycles. The number of terminal acetylenes is 10. The maximum Gasteiger partial charge on any atom is 0.343 e. The zero-order valence-corrected chi connectivity index (χ0v) is 66.7. The van der Waals surface area contributed by atoms with Crippen molar-refractivity contribution in [1.82, 2.24) is 0 Å². The van der Waals surface area contributed by atoms with Crippen LogP contribution >= 0.6 is 11.6 Å². The molecule has 124 heavy (non-hydrogen) atoms. The lowest BCUT2D eigenvalue weighted by Gasteiger charge is -2.37. The lowest BCUT2D eigenvalue weighted by atomic mass is 9.65. The molecule has 0 unspecified atom stereocenters.